The molecule has 0 saturated carbocycles. The van der Waals surface area contributed by atoms with Gasteiger partial charge >= 0.3 is 0 Å². The third-order valence-electron chi connectivity index (χ3n) is 2.97. The van der Waals surface area contributed by atoms with Crippen LogP contribution in [0.25, 0.3) is 0 Å². The van der Waals surface area contributed by atoms with Crippen molar-refractivity contribution in [1.82, 2.24) is 4.90 Å². The Morgan fingerprint density at radius 2 is 1.95 bits per heavy atom. The van der Waals surface area contributed by atoms with E-state index in [0.717, 1.165) is 17.9 Å². The number of hydrogen-bond acceptors (Lipinski definition) is 4. The van der Waals surface area contributed by atoms with E-state index in [2.05, 4.69) is 0 Å². The number of aliphatic hydroxyl groups excluding tert-OH is 1. The molecular weight excluding hydrogens is 254 g/mol. The fourth-order valence-corrected chi connectivity index (χ4v) is 1.84. The molecule has 1 aromatic rings. The monoisotopic (exact) mass is 281 g/mol. The van der Waals surface area contributed by atoms with E-state index >= 15 is 0 Å². The standard InChI is InChI=1S/C16H27NO3/c1-13(2)20-12-15(18)11-17(4)9-10-19-16-8-6-5-7-14(16)3/h5-8,13,15,18H,9-12H2,1-4H3/t15-/m1/s1. The van der Waals surface area contributed by atoms with Gasteiger partial charge in [-0.2, -0.15) is 0 Å². The molecule has 0 aliphatic heterocycles. The number of benzene rings is 1. The topological polar surface area (TPSA) is 41.9 Å². The highest BCUT2D eigenvalue weighted by Crippen LogP contribution is 2.15. The van der Waals surface area contributed by atoms with E-state index in [-0.39, 0.29) is 6.10 Å². The van der Waals surface area contributed by atoms with Crippen molar-refractivity contribution < 1.29 is 14.6 Å². The van der Waals surface area contributed by atoms with Crippen LogP contribution in [-0.4, -0.2) is 55.6 Å². The fourth-order valence-electron chi connectivity index (χ4n) is 1.84. The average Bonchev–Trinajstić information content (AvgIpc) is 2.38. The number of ether oxygens (including phenoxy) is 2. The second kappa shape index (κ2) is 8.95. The summed E-state index contributed by atoms with van der Waals surface area (Å²) >= 11 is 0. The lowest BCUT2D eigenvalue weighted by atomic mass is 10.2. The normalized spacial score (nSPS) is 12.9. The molecule has 0 radical (unpaired) electrons. The molecule has 0 bridgehead atoms. The summed E-state index contributed by atoms with van der Waals surface area (Å²) in [5.41, 5.74) is 1.14. The van der Waals surface area contributed by atoms with Crippen LogP contribution in [0, 0.1) is 6.92 Å². The summed E-state index contributed by atoms with van der Waals surface area (Å²) in [5, 5.41) is 9.82. The lowest BCUT2D eigenvalue weighted by Crippen LogP contribution is -2.35. The summed E-state index contributed by atoms with van der Waals surface area (Å²) in [6.07, 6.45) is -0.305. The van der Waals surface area contributed by atoms with Crippen LogP contribution >= 0.6 is 0 Å². The maximum atomic E-state index is 9.82. The number of nitrogens with zero attached hydrogens (tertiary/aromatic N) is 1. The zero-order chi connectivity index (χ0) is 15.0. The van der Waals surface area contributed by atoms with Gasteiger partial charge in [-0.1, -0.05) is 18.2 Å². The van der Waals surface area contributed by atoms with Gasteiger partial charge in [0.2, 0.25) is 0 Å². The molecule has 4 nitrogen and oxygen atoms in total. The maximum Gasteiger partial charge on any atom is 0.122 e. The Hall–Kier alpha value is -1.10. The van der Waals surface area contributed by atoms with Gasteiger partial charge in [-0.3, -0.25) is 0 Å². The first-order valence-electron chi connectivity index (χ1n) is 7.15. The minimum atomic E-state index is -0.458. The number of aliphatic hydroxyl groups is 1. The van der Waals surface area contributed by atoms with Crippen LogP contribution in [0.5, 0.6) is 5.75 Å². The van der Waals surface area contributed by atoms with Crippen molar-refractivity contribution in [2.75, 3.05) is 33.4 Å². The van der Waals surface area contributed by atoms with Crippen LogP contribution in [0.3, 0.4) is 0 Å². The molecular formula is C16H27NO3. The molecule has 1 rings (SSSR count). The first-order chi connectivity index (χ1) is 9.49. The summed E-state index contributed by atoms with van der Waals surface area (Å²) in [5.74, 6) is 0.921. The lowest BCUT2D eigenvalue weighted by molar-refractivity contribution is -0.00650. The molecule has 0 fully saturated rings. The molecule has 1 aromatic carbocycles. The lowest BCUT2D eigenvalue weighted by Gasteiger charge is -2.21. The fraction of sp³-hybridized carbons (Fsp3) is 0.625. The number of rotatable bonds is 9. The molecule has 0 aliphatic rings. The summed E-state index contributed by atoms with van der Waals surface area (Å²) in [4.78, 5) is 2.05. The molecule has 114 valence electrons. The summed E-state index contributed by atoms with van der Waals surface area (Å²) in [6.45, 7) is 8.31. The Kier molecular flexibility index (Phi) is 7.59. The highest BCUT2D eigenvalue weighted by atomic mass is 16.5. The summed E-state index contributed by atoms with van der Waals surface area (Å²) < 4.78 is 11.1. The Morgan fingerprint density at radius 3 is 2.60 bits per heavy atom. The van der Waals surface area contributed by atoms with E-state index in [9.17, 15) is 5.11 Å². The molecule has 0 heterocycles. The minimum absolute atomic E-state index is 0.152. The number of likely N-dealkylation sites (N-methyl/N-ethyl adjacent to an activating group) is 1. The average molecular weight is 281 g/mol. The molecule has 0 amide bonds. The molecule has 0 saturated heterocycles. The van der Waals surface area contributed by atoms with E-state index < -0.39 is 6.10 Å². The van der Waals surface area contributed by atoms with Gasteiger partial charge in [0.25, 0.3) is 0 Å². The van der Waals surface area contributed by atoms with Crippen molar-refractivity contribution in [3.63, 3.8) is 0 Å². The molecule has 4 heteroatoms. The van der Waals surface area contributed by atoms with Crippen molar-refractivity contribution in [2.24, 2.45) is 0 Å². The second-order valence-electron chi connectivity index (χ2n) is 5.41. The van der Waals surface area contributed by atoms with Gasteiger partial charge in [0.05, 0.1) is 18.8 Å². The Labute approximate surface area is 122 Å². The van der Waals surface area contributed by atoms with Crippen LogP contribution in [-0.2, 0) is 4.74 Å². The first kappa shape index (κ1) is 17.0. The Bertz CT molecular complexity index is 382. The second-order valence-corrected chi connectivity index (χ2v) is 5.41. The van der Waals surface area contributed by atoms with E-state index in [1.165, 1.54) is 0 Å². The molecule has 1 N–H and O–H groups in total. The van der Waals surface area contributed by atoms with Gasteiger partial charge in [0, 0.05) is 13.1 Å². The van der Waals surface area contributed by atoms with Gasteiger partial charge in [-0.15, -0.1) is 0 Å². The zero-order valence-electron chi connectivity index (χ0n) is 13.0. The van der Waals surface area contributed by atoms with E-state index in [1.807, 2.05) is 57.0 Å². The van der Waals surface area contributed by atoms with Gasteiger partial charge in [-0.05, 0) is 39.4 Å². The summed E-state index contributed by atoms with van der Waals surface area (Å²) in [6, 6.07) is 7.98. The van der Waals surface area contributed by atoms with E-state index in [0.29, 0.717) is 19.8 Å². The number of hydrogen-bond donors (Lipinski definition) is 1. The van der Waals surface area contributed by atoms with Crippen LogP contribution < -0.4 is 4.74 Å². The maximum absolute atomic E-state index is 9.82. The number of para-hydroxylation sites is 1. The van der Waals surface area contributed by atoms with E-state index in [4.69, 9.17) is 9.47 Å². The van der Waals surface area contributed by atoms with Crippen molar-refractivity contribution in [2.45, 2.75) is 33.0 Å². The predicted molar refractivity (Wildman–Crippen MR) is 81.3 cm³/mol. The van der Waals surface area contributed by atoms with E-state index in [1.54, 1.807) is 0 Å². The predicted octanol–water partition coefficient (Wildman–Crippen LogP) is 2.09. The smallest absolute Gasteiger partial charge is 0.122 e. The molecule has 20 heavy (non-hydrogen) atoms. The van der Waals surface area contributed by atoms with Crippen LogP contribution in [0.4, 0.5) is 0 Å². The molecule has 0 aromatic heterocycles. The third-order valence-corrected chi connectivity index (χ3v) is 2.97. The Balaban J connectivity index is 2.20. The number of aryl methyl sites for hydroxylation is 1. The van der Waals surface area contributed by atoms with Crippen molar-refractivity contribution in [1.29, 1.82) is 0 Å². The zero-order valence-corrected chi connectivity index (χ0v) is 13.0. The minimum Gasteiger partial charge on any atom is -0.492 e. The molecule has 0 spiro atoms. The first-order valence-corrected chi connectivity index (χ1v) is 7.15. The van der Waals surface area contributed by atoms with Gasteiger partial charge in [0.15, 0.2) is 0 Å². The summed E-state index contributed by atoms with van der Waals surface area (Å²) in [7, 11) is 1.97. The van der Waals surface area contributed by atoms with Crippen molar-refractivity contribution in [3.8, 4) is 5.75 Å². The van der Waals surface area contributed by atoms with Crippen LogP contribution in [0.1, 0.15) is 19.4 Å². The third kappa shape index (κ3) is 6.89. The largest absolute Gasteiger partial charge is 0.492 e. The van der Waals surface area contributed by atoms with Gasteiger partial charge in [-0.25, -0.2) is 0 Å². The van der Waals surface area contributed by atoms with Crippen molar-refractivity contribution >= 4 is 0 Å². The highest BCUT2D eigenvalue weighted by molar-refractivity contribution is 5.31. The molecule has 0 aliphatic carbocycles. The quantitative estimate of drug-likeness (QED) is 0.752. The molecule has 0 unspecified atom stereocenters. The van der Waals surface area contributed by atoms with Gasteiger partial charge < -0.3 is 19.5 Å². The van der Waals surface area contributed by atoms with Crippen molar-refractivity contribution in [3.05, 3.63) is 29.8 Å². The Morgan fingerprint density at radius 1 is 1.25 bits per heavy atom. The molecule has 1 atom stereocenters. The van der Waals surface area contributed by atoms with Gasteiger partial charge in [0.1, 0.15) is 12.4 Å². The SMILES string of the molecule is Cc1ccccc1OCCN(C)C[C@@H](O)COC(C)C. The van der Waals surface area contributed by atoms with Crippen LogP contribution in [0.2, 0.25) is 0 Å². The highest BCUT2D eigenvalue weighted by Gasteiger charge is 2.09. The van der Waals surface area contributed by atoms with Crippen LogP contribution in [0.15, 0.2) is 24.3 Å².